The summed E-state index contributed by atoms with van der Waals surface area (Å²) in [5.74, 6) is -1.86. The Bertz CT molecular complexity index is 1030. The molecule has 1 aromatic heterocycles. The second-order valence-corrected chi connectivity index (χ2v) is 7.23. The van der Waals surface area contributed by atoms with Gasteiger partial charge in [-0.2, -0.15) is 0 Å². The number of pyridine rings is 1. The van der Waals surface area contributed by atoms with E-state index >= 15 is 0 Å². The number of fused-ring (bicyclic) bond motifs is 1. The van der Waals surface area contributed by atoms with Crippen LogP contribution < -0.4 is 5.32 Å². The molecule has 2 aromatic rings. The number of ether oxygens (including phenoxy) is 2. The number of esters is 2. The Balaban J connectivity index is 2.32. The standard InChI is InChI=1S/C22H23ClN2O4/c1-6-13-7-8-16-14(9-13)10-15(20(23)25-16)19-17(21(26)28-4)11(2)24-12(3)18(19)22(27)29-5/h7-10,19,24H,6H2,1-5H3. The van der Waals surface area contributed by atoms with Gasteiger partial charge in [0.1, 0.15) is 5.15 Å². The van der Waals surface area contributed by atoms with Crippen molar-refractivity contribution in [3.05, 3.63) is 63.1 Å². The Morgan fingerprint density at radius 3 is 2.17 bits per heavy atom. The van der Waals surface area contributed by atoms with Crippen LogP contribution in [0.4, 0.5) is 0 Å². The van der Waals surface area contributed by atoms with E-state index < -0.39 is 17.9 Å². The Kier molecular flexibility index (Phi) is 5.94. The fourth-order valence-electron chi connectivity index (χ4n) is 3.71. The van der Waals surface area contributed by atoms with E-state index in [0.717, 1.165) is 22.9 Å². The third-order valence-corrected chi connectivity index (χ3v) is 5.45. The van der Waals surface area contributed by atoms with Crippen LogP contribution in [-0.4, -0.2) is 31.1 Å². The van der Waals surface area contributed by atoms with Crippen LogP contribution in [-0.2, 0) is 25.5 Å². The van der Waals surface area contributed by atoms with Crippen LogP contribution in [0.5, 0.6) is 0 Å². The molecule has 7 heteroatoms. The highest BCUT2D eigenvalue weighted by Crippen LogP contribution is 2.42. The second-order valence-electron chi connectivity index (χ2n) is 6.87. The summed E-state index contributed by atoms with van der Waals surface area (Å²) in [6.07, 6.45) is 0.875. The molecule has 0 unspecified atom stereocenters. The average molecular weight is 415 g/mol. The summed E-state index contributed by atoms with van der Waals surface area (Å²) < 4.78 is 10.00. The molecule has 1 aromatic carbocycles. The molecule has 0 saturated carbocycles. The topological polar surface area (TPSA) is 77.5 Å². The highest BCUT2D eigenvalue weighted by atomic mass is 35.5. The molecular formula is C22H23ClN2O4. The van der Waals surface area contributed by atoms with Crippen molar-refractivity contribution in [3.8, 4) is 0 Å². The number of rotatable bonds is 4. The normalized spacial score (nSPS) is 14.8. The van der Waals surface area contributed by atoms with E-state index in [1.165, 1.54) is 14.2 Å². The monoisotopic (exact) mass is 414 g/mol. The summed E-state index contributed by atoms with van der Waals surface area (Å²) >= 11 is 6.55. The fourth-order valence-corrected chi connectivity index (χ4v) is 3.96. The van der Waals surface area contributed by atoms with Gasteiger partial charge in [0.05, 0.1) is 36.8 Å². The first kappa shape index (κ1) is 20.9. The highest BCUT2D eigenvalue weighted by Gasteiger charge is 2.39. The van der Waals surface area contributed by atoms with E-state index in [9.17, 15) is 9.59 Å². The number of hydrogen-bond acceptors (Lipinski definition) is 6. The third-order valence-electron chi connectivity index (χ3n) is 5.15. The Morgan fingerprint density at radius 1 is 1.07 bits per heavy atom. The van der Waals surface area contributed by atoms with Gasteiger partial charge in [0, 0.05) is 22.3 Å². The number of allylic oxidation sites excluding steroid dienone is 2. The van der Waals surface area contributed by atoms with Gasteiger partial charge in [-0.3, -0.25) is 0 Å². The number of dihydropyridines is 1. The van der Waals surface area contributed by atoms with Gasteiger partial charge >= 0.3 is 11.9 Å². The van der Waals surface area contributed by atoms with Gasteiger partial charge in [-0.05, 0) is 44.0 Å². The fraction of sp³-hybridized carbons (Fsp3) is 0.318. The Morgan fingerprint density at radius 2 is 1.66 bits per heavy atom. The molecule has 1 aliphatic rings. The van der Waals surface area contributed by atoms with Gasteiger partial charge in [0.25, 0.3) is 0 Å². The molecule has 0 aliphatic carbocycles. The van der Waals surface area contributed by atoms with Crippen molar-refractivity contribution in [3.63, 3.8) is 0 Å². The molecule has 152 valence electrons. The number of methoxy groups -OCH3 is 2. The number of halogens is 1. The maximum absolute atomic E-state index is 12.6. The number of carbonyl (C=O) groups is 2. The number of hydrogen-bond donors (Lipinski definition) is 1. The van der Waals surface area contributed by atoms with E-state index in [1.54, 1.807) is 13.8 Å². The summed E-state index contributed by atoms with van der Waals surface area (Å²) in [6.45, 7) is 5.59. The van der Waals surface area contributed by atoms with Crippen LogP contribution in [0.3, 0.4) is 0 Å². The van der Waals surface area contributed by atoms with Crippen LogP contribution in [0.25, 0.3) is 10.9 Å². The van der Waals surface area contributed by atoms with Crippen LogP contribution in [0.15, 0.2) is 46.8 Å². The zero-order valence-corrected chi connectivity index (χ0v) is 17.8. The van der Waals surface area contributed by atoms with E-state index in [-0.39, 0.29) is 5.15 Å². The summed E-state index contributed by atoms with van der Waals surface area (Å²) in [5.41, 5.74) is 4.22. The van der Waals surface area contributed by atoms with E-state index in [0.29, 0.717) is 28.1 Å². The van der Waals surface area contributed by atoms with Crippen molar-refractivity contribution < 1.29 is 19.1 Å². The van der Waals surface area contributed by atoms with Crippen molar-refractivity contribution >= 4 is 34.4 Å². The maximum Gasteiger partial charge on any atom is 0.336 e. The number of nitrogens with one attached hydrogen (secondary N) is 1. The van der Waals surface area contributed by atoms with Gasteiger partial charge in [-0.1, -0.05) is 24.6 Å². The van der Waals surface area contributed by atoms with Crippen LogP contribution >= 0.6 is 11.6 Å². The molecule has 0 atom stereocenters. The Labute approximate surface area is 174 Å². The molecule has 0 fully saturated rings. The minimum atomic E-state index is -0.758. The van der Waals surface area contributed by atoms with Gasteiger partial charge in [0.15, 0.2) is 0 Å². The molecule has 1 aliphatic heterocycles. The lowest BCUT2D eigenvalue weighted by molar-refractivity contribution is -0.137. The highest BCUT2D eigenvalue weighted by molar-refractivity contribution is 6.31. The molecule has 2 heterocycles. The quantitative estimate of drug-likeness (QED) is 0.601. The minimum Gasteiger partial charge on any atom is -0.466 e. The molecule has 1 N–H and O–H groups in total. The van der Waals surface area contributed by atoms with Crippen LogP contribution in [0, 0.1) is 0 Å². The predicted molar refractivity (Wildman–Crippen MR) is 111 cm³/mol. The van der Waals surface area contributed by atoms with E-state index in [4.69, 9.17) is 21.1 Å². The molecule has 0 bridgehead atoms. The third kappa shape index (κ3) is 3.72. The molecule has 0 saturated heterocycles. The van der Waals surface area contributed by atoms with Crippen molar-refractivity contribution in [2.24, 2.45) is 0 Å². The lowest BCUT2D eigenvalue weighted by Crippen LogP contribution is -2.32. The van der Waals surface area contributed by atoms with Crippen molar-refractivity contribution in [1.82, 2.24) is 10.3 Å². The first-order valence-corrected chi connectivity index (χ1v) is 9.64. The Hall–Kier alpha value is -2.86. The molecule has 0 radical (unpaired) electrons. The summed E-state index contributed by atoms with van der Waals surface area (Å²) in [7, 11) is 2.60. The molecule has 3 rings (SSSR count). The lowest BCUT2D eigenvalue weighted by atomic mass is 9.80. The van der Waals surface area contributed by atoms with Crippen molar-refractivity contribution in [2.75, 3.05) is 14.2 Å². The number of benzene rings is 1. The largest absolute Gasteiger partial charge is 0.466 e. The lowest BCUT2D eigenvalue weighted by Gasteiger charge is -2.30. The molecule has 29 heavy (non-hydrogen) atoms. The zero-order valence-electron chi connectivity index (χ0n) is 17.1. The second kappa shape index (κ2) is 8.25. The smallest absolute Gasteiger partial charge is 0.336 e. The van der Waals surface area contributed by atoms with Gasteiger partial charge < -0.3 is 14.8 Å². The maximum atomic E-state index is 12.6. The molecule has 0 spiro atoms. The molecular weight excluding hydrogens is 392 g/mol. The predicted octanol–water partition coefficient (Wildman–Crippen LogP) is 4.03. The molecule has 0 amide bonds. The number of carbonyl (C=O) groups excluding carboxylic acids is 2. The van der Waals surface area contributed by atoms with Crippen LogP contribution in [0.2, 0.25) is 5.15 Å². The number of aromatic nitrogens is 1. The first-order valence-electron chi connectivity index (χ1n) is 9.26. The van der Waals surface area contributed by atoms with Crippen molar-refractivity contribution in [1.29, 1.82) is 0 Å². The SMILES string of the molecule is CCc1ccc2nc(Cl)c(C3C(C(=O)OC)=C(C)NC(C)=C3C(=O)OC)cc2c1. The van der Waals surface area contributed by atoms with Crippen LogP contribution in [0.1, 0.15) is 37.8 Å². The number of aryl methyl sites for hydroxylation is 1. The van der Waals surface area contributed by atoms with Gasteiger partial charge in [-0.15, -0.1) is 0 Å². The molecule has 6 nitrogen and oxygen atoms in total. The number of nitrogens with zero attached hydrogens (tertiary/aromatic N) is 1. The zero-order chi connectivity index (χ0) is 21.3. The minimum absolute atomic E-state index is 0.219. The van der Waals surface area contributed by atoms with Gasteiger partial charge in [0.2, 0.25) is 0 Å². The summed E-state index contributed by atoms with van der Waals surface area (Å²) in [4.78, 5) is 29.8. The van der Waals surface area contributed by atoms with Gasteiger partial charge in [-0.25, -0.2) is 14.6 Å². The van der Waals surface area contributed by atoms with Crippen molar-refractivity contribution in [2.45, 2.75) is 33.1 Å². The average Bonchev–Trinajstić information content (AvgIpc) is 2.71. The summed E-state index contributed by atoms with van der Waals surface area (Å²) in [5, 5.41) is 4.18. The van der Waals surface area contributed by atoms with E-state index in [1.807, 2.05) is 24.3 Å². The summed E-state index contributed by atoms with van der Waals surface area (Å²) in [6, 6.07) is 7.83. The first-order chi connectivity index (χ1) is 13.8. The van der Waals surface area contributed by atoms with E-state index in [2.05, 4.69) is 17.2 Å².